The summed E-state index contributed by atoms with van der Waals surface area (Å²) in [7, 11) is 0. The maximum absolute atomic E-state index is 13.0. The largest absolute Gasteiger partial charge is 0.357 e. The maximum atomic E-state index is 13.0. The lowest BCUT2D eigenvalue weighted by molar-refractivity contribution is -0.124. The molecule has 3 N–H and O–H groups in total. The van der Waals surface area contributed by atoms with E-state index in [9.17, 15) is 14.0 Å². The number of guanidine groups is 1. The molecular weight excluding hydrogens is 375 g/mol. The molecule has 1 aromatic carbocycles. The molecule has 2 aliphatic rings. The smallest absolute Gasteiger partial charge is 0.324 e. The Labute approximate surface area is 170 Å². The van der Waals surface area contributed by atoms with Crippen molar-refractivity contribution in [3.05, 3.63) is 35.6 Å². The van der Waals surface area contributed by atoms with Crippen LogP contribution in [0.3, 0.4) is 0 Å². The summed E-state index contributed by atoms with van der Waals surface area (Å²) in [5.41, 5.74) is 1.12. The van der Waals surface area contributed by atoms with Crippen LogP contribution in [-0.4, -0.2) is 73.0 Å². The highest BCUT2D eigenvalue weighted by atomic mass is 19.1. The number of likely N-dealkylation sites (tertiary alicyclic amines) is 1. The number of benzene rings is 1. The summed E-state index contributed by atoms with van der Waals surface area (Å²) >= 11 is 0. The third-order valence-corrected chi connectivity index (χ3v) is 5.12. The van der Waals surface area contributed by atoms with Crippen LogP contribution >= 0.6 is 0 Å². The fourth-order valence-corrected chi connectivity index (χ4v) is 3.54. The number of carbonyl (C=O) groups is 2. The lowest BCUT2D eigenvalue weighted by Crippen LogP contribution is -2.48. The Kier molecular flexibility index (Phi) is 7.40. The number of hydrogen-bond acceptors (Lipinski definition) is 4. The molecule has 2 fully saturated rings. The van der Waals surface area contributed by atoms with E-state index in [1.165, 1.54) is 17.0 Å². The van der Waals surface area contributed by atoms with Crippen molar-refractivity contribution in [1.82, 2.24) is 25.8 Å². The zero-order chi connectivity index (χ0) is 20.6. The molecule has 2 aliphatic heterocycles. The number of rotatable bonds is 7. The van der Waals surface area contributed by atoms with Crippen molar-refractivity contribution in [2.75, 3.05) is 39.3 Å². The fourth-order valence-electron chi connectivity index (χ4n) is 3.54. The van der Waals surface area contributed by atoms with E-state index < -0.39 is 0 Å². The fraction of sp³-hybridized carbons (Fsp3) is 0.550. The van der Waals surface area contributed by atoms with E-state index in [2.05, 4.69) is 25.8 Å². The lowest BCUT2D eigenvalue weighted by Gasteiger charge is -2.33. The van der Waals surface area contributed by atoms with E-state index in [-0.39, 0.29) is 30.8 Å². The van der Waals surface area contributed by atoms with Crippen LogP contribution in [0.1, 0.15) is 25.3 Å². The second-order valence-corrected chi connectivity index (χ2v) is 7.29. The zero-order valence-electron chi connectivity index (χ0n) is 16.8. The Balaban J connectivity index is 1.44. The molecule has 0 spiro atoms. The van der Waals surface area contributed by atoms with E-state index in [1.807, 2.05) is 19.1 Å². The van der Waals surface area contributed by atoms with Crippen LogP contribution in [0, 0.1) is 5.82 Å². The minimum absolute atomic E-state index is 0.0668. The van der Waals surface area contributed by atoms with Gasteiger partial charge in [0.15, 0.2) is 5.96 Å². The molecule has 0 aliphatic carbocycles. The van der Waals surface area contributed by atoms with Gasteiger partial charge in [-0.1, -0.05) is 12.1 Å². The van der Waals surface area contributed by atoms with E-state index in [4.69, 9.17) is 0 Å². The normalized spacial score (nSPS) is 18.8. The third-order valence-electron chi connectivity index (χ3n) is 5.12. The summed E-state index contributed by atoms with van der Waals surface area (Å²) < 4.78 is 13.0. The Bertz CT molecular complexity index is 715. The summed E-state index contributed by atoms with van der Waals surface area (Å²) in [6, 6.07) is 6.64. The molecule has 1 aromatic rings. The minimum atomic E-state index is -0.350. The van der Waals surface area contributed by atoms with Gasteiger partial charge in [0.1, 0.15) is 5.82 Å². The van der Waals surface area contributed by atoms with Crippen molar-refractivity contribution in [2.24, 2.45) is 4.99 Å². The summed E-state index contributed by atoms with van der Waals surface area (Å²) in [5.74, 6) is 0.287. The molecule has 8 nitrogen and oxygen atoms in total. The van der Waals surface area contributed by atoms with E-state index in [0.717, 1.165) is 44.6 Å². The average Bonchev–Trinajstić information content (AvgIpc) is 3.03. The van der Waals surface area contributed by atoms with E-state index >= 15 is 0 Å². The maximum Gasteiger partial charge on any atom is 0.324 e. The Morgan fingerprint density at radius 2 is 1.97 bits per heavy atom. The number of nitrogens with one attached hydrogen (secondary N) is 3. The average molecular weight is 404 g/mol. The van der Waals surface area contributed by atoms with Gasteiger partial charge in [-0.15, -0.1) is 0 Å². The van der Waals surface area contributed by atoms with Crippen molar-refractivity contribution in [1.29, 1.82) is 0 Å². The number of nitrogens with zero attached hydrogens (tertiary/aromatic N) is 3. The van der Waals surface area contributed by atoms with Crippen LogP contribution < -0.4 is 16.0 Å². The second-order valence-electron chi connectivity index (χ2n) is 7.29. The van der Waals surface area contributed by atoms with Gasteiger partial charge >= 0.3 is 6.03 Å². The number of hydrogen-bond donors (Lipinski definition) is 3. The molecule has 3 amide bonds. The van der Waals surface area contributed by atoms with Crippen LogP contribution in [0.15, 0.2) is 29.3 Å². The highest BCUT2D eigenvalue weighted by Crippen LogP contribution is 2.14. The third kappa shape index (κ3) is 6.15. The van der Waals surface area contributed by atoms with Gasteiger partial charge in [-0.25, -0.2) is 9.18 Å². The SMILES string of the molecule is CCNC(=NCCN1C(=O)CNC1=O)NC1CCN(Cc2ccc(F)cc2)CC1. The molecule has 29 heavy (non-hydrogen) atoms. The molecule has 0 aromatic heterocycles. The number of urea groups is 1. The number of imide groups is 1. The minimum Gasteiger partial charge on any atom is -0.357 e. The summed E-state index contributed by atoms with van der Waals surface area (Å²) in [6.07, 6.45) is 1.97. The molecule has 0 radical (unpaired) electrons. The summed E-state index contributed by atoms with van der Waals surface area (Å²) in [4.78, 5) is 31.3. The Morgan fingerprint density at radius 1 is 1.24 bits per heavy atom. The number of carbonyl (C=O) groups excluding carboxylic acids is 2. The highest BCUT2D eigenvalue weighted by Gasteiger charge is 2.27. The number of amides is 3. The van der Waals surface area contributed by atoms with Crippen LogP contribution in [-0.2, 0) is 11.3 Å². The quantitative estimate of drug-likeness (QED) is 0.357. The summed E-state index contributed by atoms with van der Waals surface area (Å²) in [6.45, 7) is 6.17. The predicted molar refractivity (Wildman–Crippen MR) is 109 cm³/mol. The topological polar surface area (TPSA) is 89.1 Å². The molecule has 3 rings (SSSR count). The molecule has 0 saturated carbocycles. The molecule has 2 saturated heterocycles. The Hall–Kier alpha value is -2.68. The van der Waals surface area contributed by atoms with Gasteiger partial charge in [-0.3, -0.25) is 19.6 Å². The van der Waals surface area contributed by atoms with Gasteiger partial charge in [0, 0.05) is 32.2 Å². The highest BCUT2D eigenvalue weighted by molar-refractivity contribution is 6.01. The van der Waals surface area contributed by atoms with E-state index in [1.54, 1.807) is 0 Å². The van der Waals surface area contributed by atoms with E-state index in [0.29, 0.717) is 18.5 Å². The molecule has 0 unspecified atom stereocenters. The lowest BCUT2D eigenvalue weighted by atomic mass is 10.0. The van der Waals surface area contributed by atoms with Gasteiger partial charge in [-0.05, 0) is 37.5 Å². The number of halogens is 1. The standard InChI is InChI=1S/C20H29FN6O2/c1-2-22-19(23-9-12-27-18(28)13-24-20(27)29)25-17-7-10-26(11-8-17)14-15-3-5-16(21)6-4-15/h3-6,17H,2,7-14H2,1H3,(H,24,29)(H2,22,23,25). The van der Waals surface area contributed by atoms with Gasteiger partial charge in [-0.2, -0.15) is 0 Å². The first-order valence-corrected chi connectivity index (χ1v) is 10.1. The second kappa shape index (κ2) is 10.2. The van der Waals surface area contributed by atoms with Crippen molar-refractivity contribution in [3.8, 4) is 0 Å². The number of piperidine rings is 1. The van der Waals surface area contributed by atoms with Crippen LogP contribution in [0.5, 0.6) is 0 Å². The van der Waals surface area contributed by atoms with Gasteiger partial charge in [0.2, 0.25) is 5.91 Å². The molecule has 9 heteroatoms. The van der Waals surface area contributed by atoms with Gasteiger partial charge in [0.25, 0.3) is 0 Å². The molecule has 0 bridgehead atoms. The van der Waals surface area contributed by atoms with Crippen LogP contribution in [0.25, 0.3) is 0 Å². The van der Waals surface area contributed by atoms with Gasteiger partial charge in [0.05, 0.1) is 19.6 Å². The first kappa shape index (κ1) is 21.0. The zero-order valence-corrected chi connectivity index (χ0v) is 16.8. The van der Waals surface area contributed by atoms with Crippen molar-refractivity contribution in [3.63, 3.8) is 0 Å². The summed E-state index contributed by atoms with van der Waals surface area (Å²) in [5, 5.41) is 9.18. The first-order valence-electron chi connectivity index (χ1n) is 10.1. The van der Waals surface area contributed by atoms with Crippen molar-refractivity contribution in [2.45, 2.75) is 32.4 Å². The first-order chi connectivity index (χ1) is 14.0. The molecule has 158 valence electrons. The Morgan fingerprint density at radius 3 is 2.59 bits per heavy atom. The van der Waals surface area contributed by atoms with Crippen LogP contribution in [0.4, 0.5) is 9.18 Å². The monoisotopic (exact) mass is 404 g/mol. The van der Waals surface area contributed by atoms with Crippen LogP contribution in [0.2, 0.25) is 0 Å². The van der Waals surface area contributed by atoms with Crippen molar-refractivity contribution < 1.29 is 14.0 Å². The van der Waals surface area contributed by atoms with Gasteiger partial charge < -0.3 is 16.0 Å². The predicted octanol–water partition coefficient (Wildman–Crippen LogP) is 0.897. The number of aliphatic imine (C=N–C) groups is 1. The molecule has 2 heterocycles. The molecule has 0 atom stereocenters. The van der Waals surface area contributed by atoms with Crippen molar-refractivity contribution >= 4 is 17.9 Å². The molecular formula is C20H29FN6O2.